The van der Waals surface area contributed by atoms with Crippen LogP contribution in [0.5, 0.6) is 0 Å². The summed E-state index contributed by atoms with van der Waals surface area (Å²) in [6, 6.07) is 6.51. The van der Waals surface area contributed by atoms with Crippen molar-refractivity contribution in [2.75, 3.05) is 13.2 Å². The van der Waals surface area contributed by atoms with Gasteiger partial charge in [0.15, 0.2) is 0 Å². The predicted molar refractivity (Wildman–Crippen MR) is 88.4 cm³/mol. The molecule has 0 aliphatic carbocycles. The van der Waals surface area contributed by atoms with E-state index >= 15 is 0 Å². The maximum absolute atomic E-state index is 6.17. The van der Waals surface area contributed by atoms with E-state index in [0.29, 0.717) is 12.1 Å². The van der Waals surface area contributed by atoms with Gasteiger partial charge < -0.3 is 10.1 Å². The van der Waals surface area contributed by atoms with Gasteiger partial charge in [-0.1, -0.05) is 34.5 Å². The van der Waals surface area contributed by atoms with Gasteiger partial charge in [0.25, 0.3) is 0 Å². The molecule has 2 atom stereocenters. The van der Waals surface area contributed by atoms with Gasteiger partial charge in [-0.15, -0.1) is 0 Å². The van der Waals surface area contributed by atoms with Crippen molar-refractivity contribution >= 4 is 27.5 Å². The number of nitrogens with one attached hydrogen (secondary N) is 1. The zero-order chi connectivity index (χ0) is 14.4. The summed E-state index contributed by atoms with van der Waals surface area (Å²) in [5.41, 5.74) is 1.26. The van der Waals surface area contributed by atoms with Crippen molar-refractivity contribution in [1.82, 2.24) is 5.32 Å². The maximum Gasteiger partial charge on any atom is 0.0576 e. The fourth-order valence-electron chi connectivity index (χ4n) is 2.71. The summed E-state index contributed by atoms with van der Waals surface area (Å²) >= 11 is 9.70. The Labute approximate surface area is 135 Å². The first-order valence-corrected chi connectivity index (χ1v) is 8.67. The Balaban J connectivity index is 2.00. The van der Waals surface area contributed by atoms with Crippen molar-refractivity contribution in [3.8, 4) is 0 Å². The number of benzene rings is 1. The second-order valence-electron chi connectivity index (χ2n) is 5.42. The Morgan fingerprint density at radius 3 is 2.95 bits per heavy atom. The van der Waals surface area contributed by atoms with Gasteiger partial charge in [-0.05, 0) is 62.4 Å². The molecule has 1 aromatic carbocycles. The van der Waals surface area contributed by atoms with E-state index in [2.05, 4.69) is 40.3 Å². The van der Waals surface area contributed by atoms with E-state index < -0.39 is 0 Å². The molecule has 1 heterocycles. The molecule has 0 radical (unpaired) electrons. The molecule has 1 aliphatic heterocycles. The summed E-state index contributed by atoms with van der Waals surface area (Å²) in [6.07, 6.45) is 6.21. The second-order valence-corrected chi connectivity index (χ2v) is 6.77. The van der Waals surface area contributed by atoms with Gasteiger partial charge in [0.2, 0.25) is 0 Å². The van der Waals surface area contributed by atoms with Crippen LogP contribution in [0.25, 0.3) is 0 Å². The first kappa shape index (κ1) is 16.3. The van der Waals surface area contributed by atoms with Gasteiger partial charge in [-0.2, -0.15) is 0 Å². The van der Waals surface area contributed by atoms with E-state index in [0.717, 1.165) is 41.9 Å². The minimum atomic E-state index is 0.356. The van der Waals surface area contributed by atoms with Gasteiger partial charge in [-0.3, -0.25) is 0 Å². The van der Waals surface area contributed by atoms with Crippen LogP contribution in [0.3, 0.4) is 0 Å². The average molecular weight is 361 g/mol. The van der Waals surface area contributed by atoms with Crippen molar-refractivity contribution < 1.29 is 4.74 Å². The van der Waals surface area contributed by atoms with Crippen LogP contribution in [0.1, 0.15) is 50.6 Å². The molecule has 1 fully saturated rings. The third-order valence-corrected chi connectivity index (χ3v) is 4.41. The van der Waals surface area contributed by atoms with Crippen molar-refractivity contribution in [3.05, 3.63) is 33.3 Å². The first-order valence-electron chi connectivity index (χ1n) is 7.50. The lowest BCUT2D eigenvalue weighted by Gasteiger charge is -2.21. The number of rotatable bonds is 7. The maximum atomic E-state index is 6.17. The third kappa shape index (κ3) is 5.03. The van der Waals surface area contributed by atoms with Crippen LogP contribution in [-0.2, 0) is 4.74 Å². The van der Waals surface area contributed by atoms with E-state index in [-0.39, 0.29) is 0 Å². The van der Waals surface area contributed by atoms with Crippen LogP contribution in [-0.4, -0.2) is 19.3 Å². The topological polar surface area (TPSA) is 21.3 Å². The molecule has 2 nitrogen and oxygen atoms in total. The van der Waals surface area contributed by atoms with E-state index in [4.69, 9.17) is 16.3 Å². The van der Waals surface area contributed by atoms with E-state index in [1.807, 2.05) is 6.07 Å². The zero-order valence-electron chi connectivity index (χ0n) is 12.0. The van der Waals surface area contributed by atoms with Gasteiger partial charge in [-0.25, -0.2) is 0 Å². The molecule has 2 rings (SSSR count). The minimum absolute atomic E-state index is 0.356. The molecule has 4 heteroatoms. The molecule has 112 valence electrons. The fraction of sp³-hybridized carbons (Fsp3) is 0.625. The Bertz CT molecular complexity index is 401. The summed E-state index contributed by atoms with van der Waals surface area (Å²) in [5, 5.41) is 4.42. The largest absolute Gasteiger partial charge is 0.378 e. The Hall–Kier alpha value is -0.0900. The standard InChI is InChI=1S/C16H23BrClNO/c1-2-7-19-16(6-5-15-4-3-8-20-15)12-9-13(17)11-14(18)10-12/h9-11,15-16,19H,2-8H2,1H3. The van der Waals surface area contributed by atoms with E-state index in [1.54, 1.807) is 0 Å². The monoisotopic (exact) mass is 359 g/mol. The summed E-state index contributed by atoms with van der Waals surface area (Å²) in [5.74, 6) is 0. The van der Waals surface area contributed by atoms with Crippen LogP contribution >= 0.6 is 27.5 Å². The lowest BCUT2D eigenvalue weighted by Crippen LogP contribution is -2.23. The molecule has 0 bridgehead atoms. The molecular weight excluding hydrogens is 338 g/mol. The molecule has 0 aromatic heterocycles. The van der Waals surface area contributed by atoms with Gasteiger partial charge in [0, 0.05) is 22.1 Å². The highest BCUT2D eigenvalue weighted by Crippen LogP contribution is 2.28. The second kappa shape index (κ2) is 8.38. The summed E-state index contributed by atoms with van der Waals surface area (Å²) in [6.45, 7) is 4.15. The molecule has 20 heavy (non-hydrogen) atoms. The Morgan fingerprint density at radius 1 is 1.45 bits per heavy atom. The first-order chi connectivity index (χ1) is 9.69. The normalized spacial score (nSPS) is 20.2. The highest BCUT2D eigenvalue weighted by atomic mass is 79.9. The smallest absolute Gasteiger partial charge is 0.0576 e. The molecule has 0 amide bonds. The lowest BCUT2D eigenvalue weighted by atomic mass is 9.99. The van der Waals surface area contributed by atoms with Gasteiger partial charge >= 0.3 is 0 Å². The van der Waals surface area contributed by atoms with Crippen LogP contribution in [0, 0.1) is 0 Å². The summed E-state index contributed by atoms with van der Waals surface area (Å²) in [7, 11) is 0. The van der Waals surface area contributed by atoms with Crippen molar-refractivity contribution in [1.29, 1.82) is 0 Å². The predicted octanol–water partition coefficient (Wildman–Crippen LogP) is 5.10. The molecular formula is C16H23BrClNO. The molecule has 1 aromatic rings. The van der Waals surface area contributed by atoms with Crippen molar-refractivity contribution in [2.24, 2.45) is 0 Å². The quantitative estimate of drug-likeness (QED) is 0.730. The van der Waals surface area contributed by atoms with E-state index in [9.17, 15) is 0 Å². The molecule has 2 unspecified atom stereocenters. The van der Waals surface area contributed by atoms with Crippen LogP contribution < -0.4 is 5.32 Å². The van der Waals surface area contributed by atoms with Crippen molar-refractivity contribution in [2.45, 2.75) is 51.2 Å². The molecule has 0 saturated carbocycles. The van der Waals surface area contributed by atoms with Crippen LogP contribution in [0.4, 0.5) is 0 Å². The number of halogens is 2. The third-order valence-electron chi connectivity index (χ3n) is 3.73. The Morgan fingerprint density at radius 2 is 2.30 bits per heavy atom. The average Bonchev–Trinajstić information content (AvgIpc) is 2.91. The van der Waals surface area contributed by atoms with E-state index in [1.165, 1.54) is 18.4 Å². The molecule has 1 saturated heterocycles. The molecule has 1 aliphatic rings. The van der Waals surface area contributed by atoms with Crippen LogP contribution in [0.2, 0.25) is 5.02 Å². The zero-order valence-corrected chi connectivity index (χ0v) is 14.3. The minimum Gasteiger partial charge on any atom is -0.378 e. The summed E-state index contributed by atoms with van der Waals surface area (Å²) in [4.78, 5) is 0. The molecule has 0 spiro atoms. The fourth-order valence-corrected chi connectivity index (χ4v) is 3.59. The SMILES string of the molecule is CCCNC(CCC1CCCO1)c1cc(Cl)cc(Br)c1. The van der Waals surface area contributed by atoms with Crippen molar-refractivity contribution in [3.63, 3.8) is 0 Å². The summed E-state index contributed by atoms with van der Waals surface area (Å²) < 4.78 is 6.77. The van der Waals surface area contributed by atoms with Crippen LogP contribution in [0.15, 0.2) is 22.7 Å². The molecule has 1 N–H and O–H groups in total. The highest BCUT2D eigenvalue weighted by Gasteiger charge is 2.19. The number of hydrogen-bond donors (Lipinski definition) is 1. The number of hydrogen-bond acceptors (Lipinski definition) is 2. The van der Waals surface area contributed by atoms with Gasteiger partial charge in [0.1, 0.15) is 0 Å². The Kier molecular flexibility index (Phi) is 6.82. The lowest BCUT2D eigenvalue weighted by molar-refractivity contribution is 0.0996. The highest BCUT2D eigenvalue weighted by molar-refractivity contribution is 9.10. The number of ether oxygens (including phenoxy) is 1. The van der Waals surface area contributed by atoms with Gasteiger partial charge in [0.05, 0.1) is 6.10 Å².